The molecule has 1 nitrogen and oxygen atoms in total. The number of unbranched alkanes of at least 4 members (excludes halogenated alkanes) is 1. The van der Waals surface area contributed by atoms with Crippen molar-refractivity contribution in [2.45, 2.75) is 71.3 Å². The Morgan fingerprint density at radius 1 is 1.29 bits per heavy atom. The van der Waals surface area contributed by atoms with Crippen molar-refractivity contribution in [2.75, 3.05) is 0 Å². The molecule has 1 aliphatic carbocycles. The SMILES string of the molecule is CCCCC1(O)CCC(C(C)C)CC1. The largest absolute Gasteiger partial charge is 0.390 e. The van der Waals surface area contributed by atoms with E-state index >= 15 is 0 Å². The summed E-state index contributed by atoms with van der Waals surface area (Å²) in [6.45, 7) is 6.81. The number of hydrogen-bond acceptors (Lipinski definition) is 1. The van der Waals surface area contributed by atoms with Crippen LogP contribution in [-0.2, 0) is 0 Å². The number of rotatable bonds is 4. The highest BCUT2D eigenvalue weighted by Crippen LogP contribution is 2.38. The third-order valence-corrected chi connectivity index (χ3v) is 3.90. The highest BCUT2D eigenvalue weighted by molar-refractivity contribution is 4.86. The number of aliphatic hydroxyl groups is 1. The van der Waals surface area contributed by atoms with Crippen molar-refractivity contribution in [2.24, 2.45) is 11.8 Å². The predicted octanol–water partition coefficient (Wildman–Crippen LogP) is 3.75. The molecule has 1 fully saturated rings. The van der Waals surface area contributed by atoms with Crippen LogP contribution >= 0.6 is 0 Å². The molecule has 1 rings (SSSR count). The second-order valence-corrected chi connectivity index (χ2v) is 5.41. The third kappa shape index (κ3) is 3.27. The van der Waals surface area contributed by atoms with Crippen LogP contribution in [0, 0.1) is 11.8 Å². The van der Waals surface area contributed by atoms with Gasteiger partial charge in [-0.2, -0.15) is 0 Å². The monoisotopic (exact) mass is 198 g/mol. The molecule has 1 aliphatic rings. The Kier molecular flexibility index (Phi) is 4.43. The summed E-state index contributed by atoms with van der Waals surface area (Å²) in [5.41, 5.74) is -0.304. The van der Waals surface area contributed by atoms with E-state index in [1.54, 1.807) is 0 Å². The molecule has 0 radical (unpaired) electrons. The van der Waals surface area contributed by atoms with Crippen molar-refractivity contribution in [3.05, 3.63) is 0 Å². The van der Waals surface area contributed by atoms with Crippen LogP contribution in [0.5, 0.6) is 0 Å². The van der Waals surface area contributed by atoms with Crippen molar-refractivity contribution in [1.29, 1.82) is 0 Å². The summed E-state index contributed by atoms with van der Waals surface area (Å²) in [6, 6.07) is 0. The molecule has 1 saturated carbocycles. The molecule has 14 heavy (non-hydrogen) atoms. The summed E-state index contributed by atoms with van der Waals surface area (Å²) in [5, 5.41) is 10.3. The smallest absolute Gasteiger partial charge is 0.0648 e. The Morgan fingerprint density at radius 3 is 2.29 bits per heavy atom. The molecule has 0 aromatic heterocycles. The van der Waals surface area contributed by atoms with E-state index in [1.807, 2.05) is 0 Å². The lowest BCUT2D eigenvalue weighted by Gasteiger charge is -2.37. The molecule has 0 heterocycles. The molecule has 1 N–H and O–H groups in total. The van der Waals surface area contributed by atoms with Crippen molar-refractivity contribution in [3.8, 4) is 0 Å². The maximum Gasteiger partial charge on any atom is 0.0648 e. The lowest BCUT2D eigenvalue weighted by molar-refractivity contribution is -0.0235. The molecule has 0 spiro atoms. The minimum absolute atomic E-state index is 0.304. The van der Waals surface area contributed by atoms with E-state index in [2.05, 4.69) is 20.8 Å². The highest BCUT2D eigenvalue weighted by atomic mass is 16.3. The molecule has 0 aliphatic heterocycles. The summed E-state index contributed by atoms with van der Waals surface area (Å²) < 4.78 is 0. The van der Waals surface area contributed by atoms with E-state index in [4.69, 9.17) is 0 Å². The fraction of sp³-hybridized carbons (Fsp3) is 1.00. The first kappa shape index (κ1) is 12.0. The molecule has 0 aromatic carbocycles. The second-order valence-electron chi connectivity index (χ2n) is 5.41. The molecule has 0 bridgehead atoms. The van der Waals surface area contributed by atoms with Gasteiger partial charge in [0.05, 0.1) is 5.60 Å². The average molecular weight is 198 g/mol. The Labute approximate surface area is 88.9 Å². The van der Waals surface area contributed by atoms with Gasteiger partial charge in [0.2, 0.25) is 0 Å². The molecule has 0 atom stereocenters. The zero-order valence-electron chi connectivity index (χ0n) is 10.1. The lowest BCUT2D eigenvalue weighted by Crippen LogP contribution is -2.35. The van der Waals surface area contributed by atoms with E-state index in [-0.39, 0.29) is 5.60 Å². The molecule has 0 amide bonds. The number of hydrogen-bond donors (Lipinski definition) is 1. The first-order valence-electron chi connectivity index (χ1n) is 6.30. The van der Waals surface area contributed by atoms with Crippen molar-refractivity contribution in [3.63, 3.8) is 0 Å². The van der Waals surface area contributed by atoms with E-state index in [1.165, 1.54) is 25.7 Å². The molecule has 1 heteroatoms. The maximum atomic E-state index is 10.3. The Hall–Kier alpha value is -0.0400. The first-order chi connectivity index (χ1) is 6.57. The van der Waals surface area contributed by atoms with E-state index < -0.39 is 0 Å². The van der Waals surface area contributed by atoms with Crippen LogP contribution in [0.2, 0.25) is 0 Å². The third-order valence-electron chi connectivity index (χ3n) is 3.90. The summed E-state index contributed by atoms with van der Waals surface area (Å²) in [7, 11) is 0. The zero-order chi connectivity index (χ0) is 10.6. The fourth-order valence-electron chi connectivity index (χ4n) is 2.60. The van der Waals surface area contributed by atoms with Gasteiger partial charge in [-0.25, -0.2) is 0 Å². The maximum absolute atomic E-state index is 10.3. The molecule has 0 unspecified atom stereocenters. The van der Waals surface area contributed by atoms with Crippen molar-refractivity contribution < 1.29 is 5.11 Å². The molecule has 0 aromatic rings. The summed E-state index contributed by atoms with van der Waals surface area (Å²) in [6.07, 6.45) is 7.95. The van der Waals surface area contributed by atoms with Crippen molar-refractivity contribution >= 4 is 0 Å². The van der Waals surface area contributed by atoms with Gasteiger partial charge in [0.1, 0.15) is 0 Å². The first-order valence-corrected chi connectivity index (χ1v) is 6.30. The minimum Gasteiger partial charge on any atom is -0.390 e. The summed E-state index contributed by atoms with van der Waals surface area (Å²) in [4.78, 5) is 0. The van der Waals surface area contributed by atoms with Gasteiger partial charge in [-0.05, 0) is 43.9 Å². The van der Waals surface area contributed by atoms with Gasteiger partial charge in [-0.1, -0.05) is 33.6 Å². The molecular formula is C13H26O. The Balaban J connectivity index is 2.33. The predicted molar refractivity (Wildman–Crippen MR) is 61.3 cm³/mol. The zero-order valence-corrected chi connectivity index (χ0v) is 10.1. The van der Waals surface area contributed by atoms with Gasteiger partial charge in [0, 0.05) is 0 Å². The van der Waals surface area contributed by atoms with Crippen LogP contribution in [0.3, 0.4) is 0 Å². The molecule has 0 saturated heterocycles. The fourth-order valence-corrected chi connectivity index (χ4v) is 2.60. The Morgan fingerprint density at radius 2 is 1.86 bits per heavy atom. The van der Waals surface area contributed by atoms with Crippen molar-refractivity contribution in [1.82, 2.24) is 0 Å². The van der Waals surface area contributed by atoms with Crippen LogP contribution in [0.1, 0.15) is 65.7 Å². The van der Waals surface area contributed by atoms with E-state index in [0.717, 1.165) is 31.1 Å². The highest BCUT2D eigenvalue weighted by Gasteiger charge is 2.33. The van der Waals surface area contributed by atoms with Gasteiger partial charge in [0.15, 0.2) is 0 Å². The summed E-state index contributed by atoms with van der Waals surface area (Å²) >= 11 is 0. The van der Waals surface area contributed by atoms with Crippen LogP contribution in [0.15, 0.2) is 0 Å². The van der Waals surface area contributed by atoms with Gasteiger partial charge in [-0.3, -0.25) is 0 Å². The van der Waals surface area contributed by atoms with E-state index in [0.29, 0.717) is 0 Å². The normalized spacial score (nSPS) is 33.6. The van der Waals surface area contributed by atoms with Crippen LogP contribution < -0.4 is 0 Å². The van der Waals surface area contributed by atoms with E-state index in [9.17, 15) is 5.11 Å². The average Bonchev–Trinajstić information content (AvgIpc) is 2.16. The molecular weight excluding hydrogens is 172 g/mol. The quantitative estimate of drug-likeness (QED) is 0.729. The minimum atomic E-state index is -0.304. The Bertz CT molecular complexity index is 155. The van der Waals surface area contributed by atoms with Crippen LogP contribution in [0.4, 0.5) is 0 Å². The van der Waals surface area contributed by atoms with Crippen LogP contribution in [-0.4, -0.2) is 10.7 Å². The van der Waals surface area contributed by atoms with Gasteiger partial charge >= 0.3 is 0 Å². The van der Waals surface area contributed by atoms with Gasteiger partial charge in [0.25, 0.3) is 0 Å². The summed E-state index contributed by atoms with van der Waals surface area (Å²) in [5.74, 6) is 1.66. The topological polar surface area (TPSA) is 20.2 Å². The second kappa shape index (κ2) is 5.16. The molecule has 84 valence electrons. The lowest BCUT2D eigenvalue weighted by atomic mass is 9.73. The van der Waals surface area contributed by atoms with Gasteiger partial charge in [-0.15, -0.1) is 0 Å². The van der Waals surface area contributed by atoms with Gasteiger partial charge < -0.3 is 5.11 Å². The standard InChI is InChI=1S/C13H26O/c1-4-5-8-13(14)9-6-12(7-10-13)11(2)3/h11-12,14H,4-10H2,1-3H3. The van der Waals surface area contributed by atoms with Crippen LogP contribution in [0.25, 0.3) is 0 Å².